The van der Waals surface area contributed by atoms with Gasteiger partial charge < -0.3 is 29.9 Å². The van der Waals surface area contributed by atoms with E-state index in [1.165, 1.54) is 0 Å². The van der Waals surface area contributed by atoms with Gasteiger partial charge in [0.1, 0.15) is 0 Å². The Hall–Kier alpha value is -3.76. The molecule has 2 N–H and O–H groups in total. The van der Waals surface area contributed by atoms with Crippen molar-refractivity contribution < 1.29 is 14.3 Å². The molecule has 4 heterocycles. The number of fused-ring (bicyclic) bond motifs is 2. The summed E-state index contributed by atoms with van der Waals surface area (Å²) in [5.41, 5.74) is 3.43. The lowest BCUT2D eigenvalue weighted by Gasteiger charge is -2.35. The van der Waals surface area contributed by atoms with Gasteiger partial charge in [-0.1, -0.05) is 17.7 Å². The summed E-state index contributed by atoms with van der Waals surface area (Å²) < 4.78 is 11.3. The van der Waals surface area contributed by atoms with Gasteiger partial charge in [0.05, 0.1) is 38.5 Å². The maximum absolute atomic E-state index is 12.4. The Morgan fingerprint density at radius 2 is 1.41 bits per heavy atom. The minimum Gasteiger partial charge on any atom is -0.378 e. The molecule has 37 heavy (non-hydrogen) atoms. The molecule has 10 heteroatoms. The van der Waals surface area contributed by atoms with E-state index < -0.39 is 0 Å². The smallest absolute Gasteiger partial charge is 0.323 e. The molecular formula is C27H31N7O3. The molecule has 2 atom stereocenters. The number of hydrogen-bond acceptors (Lipinski definition) is 8. The number of hydrogen-bond donors (Lipinski definition) is 2. The highest BCUT2D eigenvalue weighted by Crippen LogP contribution is 2.33. The van der Waals surface area contributed by atoms with Crippen LogP contribution in [0.15, 0.2) is 48.5 Å². The fourth-order valence-electron chi connectivity index (χ4n) is 5.09. The van der Waals surface area contributed by atoms with Crippen LogP contribution >= 0.6 is 0 Å². The van der Waals surface area contributed by atoms with Crippen LogP contribution in [0.4, 0.5) is 28.1 Å². The molecule has 0 radical (unpaired) electrons. The van der Waals surface area contributed by atoms with E-state index in [0.717, 1.165) is 42.7 Å². The van der Waals surface area contributed by atoms with Gasteiger partial charge in [0.2, 0.25) is 11.9 Å². The molecule has 6 rings (SSSR count). The van der Waals surface area contributed by atoms with Crippen molar-refractivity contribution in [3.8, 4) is 11.4 Å². The average Bonchev–Trinajstić information content (AvgIpc) is 3.18. The maximum atomic E-state index is 12.4. The number of carbonyl (C=O) groups excluding carboxylic acids is 1. The van der Waals surface area contributed by atoms with Crippen molar-refractivity contribution in [3.05, 3.63) is 54.1 Å². The van der Waals surface area contributed by atoms with Crippen LogP contribution < -0.4 is 20.4 Å². The first-order valence-electron chi connectivity index (χ1n) is 12.8. The van der Waals surface area contributed by atoms with Crippen molar-refractivity contribution in [3.63, 3.8) is 0 Å². The summed E-state index contributed by atoms with van der Waals surface area (Å²) in [7, 11) is 0. The predicted octanol–water partition coefficient (Wildman–Crippen LogP) is 3.70. The van der Waals surface area contributed by atoms with Crippen LogP contribution in [0, 0.1) is 6.92 Å². The second-order valence-electron chi connectivity index (χ2n) is 9.71. The first-order valence-corrected chi connectivity index (χ1v) is 12.8. The Bertz CT molecular complexity index is 1230. The fraction of sp³-hybridized carbons (Fsp3) is 0.407. The van der Waals surface area contributed by atoms with Gasteiger partial charge in [-0.3, -0.25) is 0 Å². The molecule has 3 fully saturated rings. The number of nitrogens with zero attached hydrogens (tertiary/aromatic N) is 5. The third-order valence-electron chi connectivity index (χ3n) is 7.09. The number of anilines is 4. The quantitative estimate of drug-likeness (QED) is 0.546. The fourth-order valence-corrected chi connectivity index (χ4v) is 5.09. The molecule has 2 unspecified atom stereocenters. The lowest BCUT2D eigenvalue weighted by Crippen LogP contribution is -2.47. The van der Waals surface area contributed by atoms with E-state index in [4.69, 9.17) is 24.4 Å². The van der Waals surface area contributed by atoms with Gasteiger partial charge in [-0.15, -0.1) is 0 Å². The number of ether oxygens (including phenoxy) is 2. The van der Waals surface area contributed by atoms with Crippen LogP contribution in [0.1, 0.15) is 18.4 Å². The molecule has 1 aromatic heterocycles. The van der Waals surface area contributed by atoms with Crippen LogP contribution in [0.3, 0.4) is 0 Å². The molecule has 2 bridgehead atoms. The molecule has 0 saturated carbocycles. The number of rotatable bonds is 5. The van der Waals surface area contributed by atoms with Crippen LogP contribution in [0.5, 0.6) is 0 Å². The van der Waals surface area contributed by atoms with Crippen molar-refractivity contribution in [1.29, 1.82) is 0 Å². The molecule has 192 valence electrons. The number of carbonyl (C=O) groups is 1. The SMILES string of the molecule is Cc1ccc(NC(=O)Nc2ccc(-c3nc(N4CCOCC4)nc(N4C5CCC4COC5)n3)cc2)cc1. The lowest BCUT2D eigenvalue weighted by atomic mass is 10.2. The molecule has 3 aromatic rings. The Morgan fingerprint density at radius 3 is 2.05 bits per heavy atom. The van der Waals surface area contributed by atoms with Crippen LogP contribution in [-0.4, -0.2) is 72.6 Å². The predicted molar refractivity (Wildman–Crippen MR) is 142 cm³/mol. The minimum absolute atomic E-state index is 0.295. The minimum atomic E-state index is -0.295. The maximum Gasteiger partial charge on any atom is 0.323 e. The highest BCUT2D eigenvalue weighted by atomic mass is 16.5. The number of amides is 2. The molecule has 3 saturated heterocycles. The number of nitrogens with one attached hydrogen (secondary N) is 2. The van der Waals surface area contributed by atoms with Gasteiger partial charge in [0.15, 0.2) is 5.82 Å². The van der Waals surface area contributed by atoms with E-state index in [-0.39, 0.29) is 6.03 Å². The molecule has 2 aromatic carbocycles. The van der Waals surface area contributed by atoms with Gasteiger partial charge in [-0.25, -0.2) is 4.79 Å². The van der Waals surface area contributed by atoms with E-state index in [9.17, 15) is 4.79 Å². The topological polar surface area (TPSA) is 105 Å². The normalized spacial score (nSPS) is 21.1. The summed E-state index contributed by atoms with van der Waals surface area (Å²) in [6.45, 7) is 6.23. The van der Waals surface area contributed by atoms with E-state index in [1.54, 1.807) is 0 Å². The van der Waals surface area contributed by atoms with Gasteiger partial charge >= 0.3 is 6.03 Å². The molecule has 10 nitrogen and oxygen atoms in total. The third kappa shape index (κ3) is 5.21. The Kier molecular flexibility index (Phi) is 6.58. The summed E-state index contributed by atoms with van der Waals surface area (Å²) in [5.74, 6) is 2.00. The molecular weight excluding hydrogens is 470 g/mol. The Balaban J connectivity index is 1.24. The second-order valence-corrected chi connectivity index (χ2v) is 9.71. The summed E-state index contributed by atoms with van der Waals surface area (Å²) in [5, 5.41) is 5.73. The van der Waals surface area contributed by atoms with Gasteiger partial charge in [0, 0.05) is 30.0 Å². The number of benzene rings is 2. The molecule has 2 amide bonds. The van der Waals surface area contributed by atoms with Crippen LogP contribution in [0.25, 0.3) is 11.4 Å². The zero-order valence-electron chi connectivity index (χ0n) is 20.9. The van der Waals surface area contributed by atoms with Crippen molar-refractivity contribution in [2.45, 2.75) is 31.8 Å². The summed E-state index contributed by atoms with van der Waals surface area (Å²) in [6.07, 6.45) is 2.17. The van der Waals surface area contributed by atoms with Crippen LogP contribution in [-0.2, 0) is 9.47 Å². The number of urea groups is 1. The van der Waals surface area contributed by atoms with Crippen molar-refractivity contribution in [1.82, 2.24) is 15.0 Å². The monoisotopic (exact) mass is 501 g/mol. The molecule has 3 aliphatic rings. The average molecular weight is 502 g/mol. The zero-order valence-corrected chi connectivity index (χ0v) is 20.9. The molecule has 0 spiro atoms. The van der Waals surface area contributed by atoms with E-state index in [1.807, 2.05) is 55.5 Å². The lowest BCUT2D eigenvalue weighted by molar-refractivity contribution is 0.0897. The first-order chi connectivity index (χ1) is 18.1. The van der Waals surface area contributed by atoms with Gasteiger partial charge in [-0.2, -0.15) is 15.0 Å². The van der Waals surface area contributed by atoms with Crippen molar-refractivity contribution in [2.75, 3.05) is 60.0 Å². The zero-order chi connectivity index (χ0) is 25.2. The largest absolute Gasteiger partial charge is 0.378 e. The standard InChI is InChI=1S/C27H31N7O3/c1-18-2-6-20(7-3-18)28-27(35)29-21-8-4-19(5-9-21)24-30-25(33-12-14-36-15-13-33)32-26(31-24)34-22-10-11-23(34)17-37-16-22/h2-9,22-23H,10-17H2,1H3,(H2,28,29,35). The van der Waals surface area contributed by atoms with Gasteiger partial charge in [0.25, 0.3) is 0 Å². The van der Waals surface area contributed by atoms with E-state index in [2.05, 4.69) is 20.4 Å². The number of aromatic nitrogens is 3. The molecule has 3 aliphatic heterocycles. The van der Waals surface area contributed by atoms with Crippen LogP contribution in [0.2, 0.25) is 0 Å². The Morgan fingerprint density at radius 1 is 0.811 bits per heavy atom. The third-order valence-corrected chi connectivity index (χ3v) is 7.09. The van der Waals surface area contributed by atoms with E-state index >= 15 is 0 Å². The van der Waals surface area contributed by atoms with Crippen molar-refractivity contribution >= 4 is 29.3 Å². The Labute approximate surface area is 216 Å². The summed E-state index contributed by atoms with van der Waals surface area (Å²) >= 11 is 0. The van der Waals surface area contributed by atoms with Gasteiger partial charge in [-0.05, 0) is 56.2 Å². The van der Waals surface area contributed by atoms with E-state index in [0.29, 0.717) is 61.9 Å². The second kappa shape index (κ2) is 10.3. The molecule has 0 aliphatic carbocycles. The first kappa shape index (κ1) is 23.6. The number of morpholine rings is 2. The number of aryl methyl sites for hydroxylation is 1. The highest BCUT2D eigenvalue weighted by Gasteiger charge is 2.39. The summed E-state index contributed by atoms with van der Waals surface area (Å²) in [4.78, 5) is 31.6. The highest BCUT2D eigenvalue weighted by molar-refractivity contribution is 5.99. The summed E-state index contributed by atoms with van der Waals surface area (Å²) in [6, 6.07) is 15.6. The van der Waals surface area contributed by atoms with Crippen molar-refractivity contribution in [2.24, 2.45) is 0 Å².